The minimum atomic E-state index is 0.0975. The molecule has 3 aromatic rings. The van der Waals surface area contributed by atoms with Gasteiger partial charge in [-0.1, -0.05) is 6.07 Å². The zero-order valence-corrected chi connectivity index (χ0v) is 18.4. The number of aromatic hydroxyl groups is 1. The summed E-state index contributed by atoms with van der Waals surface area (Å²) in [6, 6.07) is 11.6. The molecule has 3 heterocycles. The zero-order chi connectivity index (χ0) is 22.0. The first-order valence-electron chi connectivity index (χ1n) is 10.5. The molecule has 2 aromatic heterocycles. The average molecular weight is 420 g/mol. The van der Waals surface area contributed by atoms with E-state index in [0.29, 0.717) is 17.3 Å². The molecule has 1 atom stereocenters. The molecule has 162 valence electrons. The summed E-state index contributed by atoms with van der Waals surface area (Å²) in [5, 5.41) is 26.1. The van der Waals surface area contributed by atoms with Crippen LogP contribution in [0.4, 0.5) is 11.6 Å². The molecule has 1 fully saturated rings. The van der Waals surface area contributed by atoms with Crippen LogP contribution in [-0.4, -0.2) is 57.0 Å². The Bertz CT molecular complexity index is 1050. The predicted octanol–water partition coefficient (Wildman–Crippen LogP) is 3.31. The summed E-state index contributed by atoms with van der Waals surface area (Å²) in [5.41, 5.74) is 2.91. The quantitative estimate of drug-likeness (QED) is 0.579. The van der Waals surface area contributed by atoms with Crippen molar-refractivity contribution in [2.24, 2.45) is 0 Å². The molecule has 0 aliphatic carbocycles. The van der Waals surface area contributed by atoms with Crippen molar-refractivity contribution in [1.82, 2.24) is 25.5 Å². The van der Waals surface area contributed by atoms with Crippen LogP contribution in [-0.2, 0) is 0 Å². The second kappa shape index (κ2) is 8.47. The van der Waals surface area contributed by atoms with Crippen molar-refractivity contribution >= 4 is 11.6 Å². The largest absolute Gasteiger partial charge is 0.507 e. The van der Waals surface area contributed by atoms with Crippen molar-refractivity contribution in [2.75, 3.05) is 30.4 Å². The normalized spacial score (nSPS) is 16.5. The SMILES string of the molecule is CNc1cc(-c2ccc(-c3ccc(N4CC[C@H](NC(C)(C)C)C4)nn3)c(O)c2)ncn1. The van der Waals surface area contributed by atoms with Crippen LogP contribution in [0.2, 0.25) is 0 Å². The van der Waals surface area contributed by atoms with Gasteiger partial charge >= 0.3 is 0 Å². The second-order valence-electron chi connectivity index (χ2n) is 8.87. The summed E-state index contributed by atoms with van der Waals surface area (Å²) in [7, 11) is 1.80. The molecule has 8 nitrogen and oxygen atoms in total. The molecule has 31 heavy (non-hydrogen) atoms. The van der Waals surface area contributed by atoms with Crippen molar-refractivity contribution < 1.29 is 5.11 Å². The highest BCUT2D eigenvalue weighted by molar-refractivity contribution is 5.73. The molecule has 0 unspecified atom stereocenters. The summed E-state index contributed by atoms with van der Waals surface area (Å²) in [6.07, 6.45) is 2.58. The molecule has 1 aromatic carbocycles. The molecule has 3 N–H and O–H groups in total. The van der Waals surface area contributed by atoms with E-state index >= 15 is 0 Å². The first-order valence-corrected chi connectivity index (χ1v) is 10.5. The van der Waals surface area contributed by atoms with Gasteiger partial charge in [0.2, 0.25) is 0 Å². The topological polar surface area (TPSA) is 99.1 Å². The molecule has 1 aliphatic rings. The third-order valence-corrected chi connectivity index (χ3v) is 5.29. The van der Waals surface area contributed by atoms with Gasteiger partial charge in [-0.15, -0.1) is 10.2 Å². The van der Waals surface area contributed by atoms with Crippen LogP contribution in [0.5, 0.6) is 5.75 Å². The fourth-order valence-electron chi connectivity index (χ4n) is 3.90. The Hall–Kier alpha value is -3.26. The molecule has 4 rings (SSSR count). The minimum Gasteiger partial charge on any atom is -0.507 e. The molecular weight excluding hydrogens is 390 g/mol. The van der Waals surface area contributed by atoms with Gasteiger partial charge in [-0.25, -0.2) is 9.97 Å². The van der Waals surface area contributed by atoms with E-state index < -0.39 is 0 Å². The first-order chi connectivity index (χ1) is 14.8. The molecule has 0 amide bonds. The number of anilines is 2. The Morgan fingerprint density at radius 3 is 2.55 bits per heavy atom. The van der Waals surface area contributed by atoms with Gasteiger partial charge < -0.3 is 20.6 Å². The standard InChI is InChI=1S/C23H29N7O/c1-23(2,3)27-16-9-10-30(13-16)22-8-7-18(28-29-22)17-6-5-15(11-20(17)31)19-12-21(24-4)26-14-25-19/h5-8,11-12,14,16,27,31H,9-10,13H2,1-4H3,(H,24,25,26)/t16-/m0/s1. The van der Waals surface area contributed by atoms with Gasteiger partial charge in [0.1, 0.15) is 17.9 Å². The fourth-order valence-corrected chi connectivity index (χ4v) is 3.90. The third kappa shape index (κ3) is 4.91. The van der Waals surface area contributed by atoms with E-state index in [0.717, 1.165) is 42.4 Å². The predicted molar refractivity (Wildman–Crippen MR) is 123 cm³/mol. The van der Waals surface area contributed by atoms with Gasteiger partial charge in [-0.3, -0.25) is 0 Å². The summed E-state index contributed by atoms with van der Waals surface area (Å²) >= 11 is 0. The molecule has 0 saturated carbocycles. The summed E-state index contributed by atoms with van der Waals surface area (Å²) < 4.78 is 0. The zero-order valence-electron chi connectivity index (χ0n) is 18.4. The van der Waals surface area contributed by atoms with Crippen LogP contribution in [0, 0.1) is 0 Å². The monoisotopic (exact) mass is 419 g/mol. The number of phenols is 1. The van der Waals surface area contributed by atoms with Gasteiger partial charge in [-0.05, 0) is 51.5 Å². The maximum Gasteiger partial charge on any atom is 0.151 e. The van der Waals surface area contributed by atoms with E-state index in [4.69, 9.17) is 0 Å². The van der Waals surface area contributed by atoms with E-state index in [1.165, 1.54) is 6.33 Å². The molecule has 0 bridgehead atoms. The number of benzene rings is 1. The number of nitrogens with one attached hydrogen (secondary N) is 2. The van der Waals surface area contributed by atoms with Gasteiger partial charge in [-0.2, -0.15) is 0 Å². The summed E-state index contributed by atoms with van der Waals surface area (Å²) in [6.45, 7) is 8.43. The Kier molecular flexibility index (Phi) is 5.73. The van der Waals surface area contributed by atoms with Gasteiger partial charge in [0.05, 0.1) is 11.4 Å². The fraction of sp³-hybridized carbons (Fsp3) is 0.391. The average Bonchev–Trinajstić information content (AvgIpc) is 3.20. The highest BCUT2D eigenvalue weighted by Crippen LogP contribution is 2.32. The number of nitrogens with zero attached hydrogens (tertiary/aromatic N) is 5. The lowest BCUT2D eigenvalue weighted by Gasteiger charge is -2.26. The number of aromatic nitrogens is 4. The second-order valence-corrected chi connectivity index (χ2v) is 8.87. The summed E-state index contributed by atoms with van der Waals surface area (Å²) in [5.74, 6) is 1.72. The van der Waals surface area contributed by atoms with E-state index in [1.54, 1.807) is 13.1 Å². The lowest BCUT2D eigenvalue weighted by molar-refractivity contribution is 0.373. The van der Waals surface area contributed by atoms with Gasteiger partial charge in [0, 0.05) is 48.9 Å². The number of hydrogen-bond acceptors (Lipinski definition) is 8. The number of phenolic OH excluding ortho intramolecular Hbond substituents is 1. The summed E-state index contributed by atoms with van der Waals surface area (Å²) in [4.78, 5) is 10.7. The lowest BCUT2D eigenvalue weighted by Crippen LogP contribution is -2.45. The molecule has 1 saturated heterocycles. The van der Waals surface area contributed by atoms with Gasteiger partial charge in [0.15, 0.2) is 5.82 Å². The maximum absolute atomic E-state index is 10.6. The smallest absolute Gasteiger partial charge is 0.151 e. The van der Waals surface area contributed by atoms with Crippen LogP contribution in [0.15, 0.2) is 42.7 Å². The lowest BCUT2D eigenvalue weighted by atomic mass is 10.0. The first kappa shape index (κ1) is 21.0. The Balaban J connectivity index is 1.49. The molecule has 0 radical (unpaired) electrons. The van der Waals surface area contributed by atoms with Crippen molar-refractivity contribution in [3.05, 3.63) is 42.7 Å². The van der Waals surface area contributed by atoms with Crippen LogP contribution in [0.25, 0.3) is 22.5 Å². The Morgan fingerprint density at radius 2 is 1.87 bits per heavy atom. The van der Waals surface area contributed by atoms with Gasteiger partial charge in [0.25, 0.3) is 0 Å². The van der Waals surface area contributed by atoms with E-state index in [2.05, 4.69) is 56.5 Å². The number of rotatable bonds is 5. The van der Waals surface area contributed by atoms with Crippen LogP contribution < -0.4 is 15.5 Å². The molecular formula is C23H29N7O. The highest BCUT2D eigenvalue weighted by Gasteiger charge is 2.26. The Labute approximate surface area is 182 Å². The maximum atomic E-state index is 10.6. The Morgan fingerprint density at radius 1 is 1.03 bits per heavy atom. The van der Waals surface area contributed by atoms with Crippen molar-refractivity contribution in [3.8, 4) is 28.3 Å². The van der Waals surface area contributed by atoms with E-state index in [-0.39, 0.29) is 11.3 Å². The van der Waals surface area contributed by atoms with E-state index in [9.17, 15) is 5.11 Å². The third-order valence-electron chi connectivity index (χ3n) is 5.29. The minimum absolute atomic E-state index is 0.0975. The molecule has 1 aliphatic heterocycles. The van der Waals surface area contributed by atoms with Crippen molar-refractivity contribution in [1.29, 1.82) is 0 Å². The van der Waals surface area contributed by atoms with Crippen molar-refractivity contribution in [3.63, 3.8) is 0 Å². The van der Waals surface area contributed by atoms with Crippen LogP contribution in [0.1, 0.15) is 27.2 Å². The molecule has 8 heteroatoms. The van der Waals surface area contributed by atoms with E-state index in [1.807, 2.05) is 30.3 Å². The van der Waals surface area contributed by atoms with Crippen LogP contribution in [0.3, 0.4) is 0 Å². The van der Waals surface area contributed by atoms with Crippen LogP contribution >= 0.6 is 0 Å². The molecule has 0 spiro atoms. The van der Waals surface area contributed by atoms with Crippen molar-refractivity contribution in [2.45, 2.75) is 38.8 Å². The number of hydrogen-bond donors (Lipinski definition) is 3. The highest BCUT2D eigenvalue weighted by atomic mass is 16.3.